The Kier molecular flexibility index (Phi) is 3.56. The molecule has 2 aromatic rings. The molecule has 4 nitrogen and oxygen atoms in total. The number of nitrogens with zero attached hydrogens (tertiary/aromatic N) is 2. The molecule has 1 heterocycles. The van der Waals surface area contributed by atoms with E-state index in [9.17, 15) is 13.2 Å². The summed E-state index contributed by atoms with van der Waals surface area (Å²) in [5.41, 5.74) is 5.61. The normalized spacial score (nSPS) is 13.6. The Hall–Kier alpha value is -1.89. The first-order chi connectivity index (χ1) is 9.20. The standard InChI is InChI=1S/C13H14F3N3O/c1-13(2,3)10(17)12-18-11(19-20-12)6-4-7(14)9(16)8(15)5-6/h4-5,10H,17H2,1-3H3/t10-/m0/s1. The Labute approximate surface area is 113 Å². The van der Waals surface area contributed by atoms with Gasteiger partial charge in [0.1, 0.15) is 0 Å². The van der Waals surface area contributed by atoms with Gasteiger partial charge in [-0.05, 0) is 17.5 Å². The Morgan fingerprint density at radius 3 is 2.20 bits per heavy atom. The monoisotopic (exact) mass is 285 g/mol. The summed E-state index contributed by atoms with van der Waals surface area (Å²) in [6.07, 6.45) is 0. The maximum absolute atomic E-state index is 13.2. The number of rotatable bonds is 2. The van der Waals surface area contributed by atoms with Crippen LogP contribution in [0, 0.1) is 22.9 Å². The minimum Gasteiger partial charge on any atom is -0.337 e. The number of hydrogen-bond donors (Lipinski definition) is 1. The molecule has 108 valence electrons. The van der Waals surface area contributed by atoms with E-state index >= 15 is 0 Å². The van der Waals surface area contributed by atoms with E-state index in [1.165, 1.54) is 0 Å². The van der Waals surface area contributed by atoms with Crippen molar-refractivity contribution < 1.29 is 17.7 Å². The molecule has 0 saturated carbocycles. The van der Waals surface area contributed by atoms with E-state index < -0.39 is 23.5 Å². The maximum atomic E-state index is 13.2. The van der Waals surface area contributed by atoms with Crippen molar-refractivity contribution in [3.8, 4) is 11.4 Å². The van der Waals surface area contributed by atoms with Crippen molar-refractivity contribution in [2.45, 2.75) is 26.8 Å². The first-order valence-electron chi connectivity index (χ1n) is 5.94. The van der Waals surface area contributed by atoms with Crippen molar-refractivity contribution in [2.24, 2.45) is 11.1 Å². The number of benzene rings is 1. The van der Waals surface area contributed by atoms with Gasteiger partial charge in [0.2, 0.25) is 11.7 Å². The molecule has 1 aromatic carbocycles. The molecule has 0 unspecified atom stereocenters. The van der Waals surface area contributed by atoms with Crippen LogP contribution in [-0.4, -0.2) is 10.1 Å². The van der Waals surface area contributed by atoms with Gasteiger partial charge in [0.25, 0.3) is 0 Å². The van der Waals surface area contributed by atoms with Crippen molar-refractivity contribution in [2.75, 3.05) is 0 Å². The van der Waals surface area contributed by atoms with Crippen LogP contribution in [0.15, 0.2) is 16.7 Å². The Morgan fingerprint density at radius 2 is 1.70 bits per heavy atom. The van der Waals surface area contributed by atoms with E-state index in [-0.39, 0.29) is 22.7 Å². The van der Waals surface area contributed by atoms with Gasteiger partial charge >= 0.3 is 0 Å². The van der Waals surface area contributed by atoms with Crippen molar-refractivity contribution in [3.63, 3.8) is 0 Å². The van der Waals surface area contributed by atoms with Gasteiger partial charge in [-0.1, -0.05) is 25.9 Å². The molecule has 0 aliphatic carbocycles. The summed E-state index contributed by atoms with van der Waals surface area (Å²) in [5, 5.41) is 3.61. The lowest BCUT2D eigenvalue weighted by atomic mass is 9.87. The third-order valence-corrected chi connectivity index (χ3v) is 2.88. The molecular formula is C13H14F3N3O. The van der Waals surface area contributed by atoms with Gasteiger partial charge in [0, 0.05) is 5.56 Å². The topological polar surface area (TPSA) is 64.9 Å². The minimum atomic E-state index is -1.54. The maximum Gasteiger partial charge on any atom is 0.244 e. The SMILES string of the molecule is CC(C)(C)[C@@H](N)c1nc(-c2cc(F)c(F)c(F)c2)no1. The van der Waals surface area contributed by atoms with E-state index in [0.717, 1.165) is 12.1 Å². The summed E-state index contributed by atoms with van der Waals surface area (Å²) in [6.45, 7) is 5.66. The molecule has 0 bridgehead atoms. The van der Waals surface area contributed by atoms with E-state index in [4.69, 9.17) is 10.3 Å². The second-order valence-corrected chi connectivity index (χ2v) is 5.55. The van der Waals surface area contributed by atoms with Gasteiger partial charge in [0.05, 0.1) is 6.04 Å². The van der Waals surface area contributed by atoms with Crippen LogP contribution in [0.5, 0.6) is 0 Å². The van der Waals surface area contributed by atoms with Crippen LogP contribution < -0.4 is 5.73 Å². The number of nitrogens with two attached hydrogens (primary N) is 1. The molecule has 1 aromatic heterocycles. The van der Waals surface area contributed by atoms with Crippen molar-refractivity contribution in [1.82, 2.24) is 10.1 Å². The van der Waals surface area contributed by atoms with E-state index in [1.54, 1.807) is 0 Å². The van der Waals surface area contributed by atoms with Gasteiger partial charge in [-0.25, -0.2) is 13.2 Å². The average Bonchev–Trinajstić information content (AvgIpc) is 2.82. The van der Waals surface area contributed by atoms with Crippen LogP contribution in [0.3, 0.4) is 0 Å². The number of aromatic nitrogens is 2. The lowest BCUT2D eigenvalue weighted by Gasteiger charge is -2.23. The summed E-state index contributed by atoms with van der Waals surface area (Å²) in [6, 6.07) is 1.07. The highest BCUT2D eigenvalue weighted by Crippen LogP contribution is 2.30. The highest BCUT2D eigenvalue weighted by molar-refractivity contribution is 5.54. The summed E-state index contributed by atoms with van der Waals surface area (Å²) >= 11 is 0. The summed E-state index contributed by atoms with van der Waals surface area (Å²) in [4.78, 5) is 4.00. The molecule has 0 spiro atoms. The van der Waals surface area contributed by atoms with Gasteiger partial charge in [-0.3, -0.25) is 0 Å². The molecule has 1 atom stereocenters. The first kappa shape index (κ1) is 14.5. The van der Waals surface area contributed by atoms with Gasteiger partial charge in [0.15, 0.2) is 17.5 Å². The second-order valence-electron chi connectivity index (χ2n) is 5.55. The molecule has 2 rings (SSSR count). The zero-order valence-electron chi connectivity index (χ0n) is 11.2. The molecule has 0 saturated heterocycles. The fourth-order valence-electron chi connectivity index (χ4n) is 1.53. The molecular weight excluding hydrogens is 271 g/mol. The largest absolute Gasteiger partial charge is 0.337 e. The molecule has 0 radical (unpaired) electrons. The van der Waals surface area contributed by atoms with Crippen LogP contribution in [0.1, 0.15) is 32.7 Å². The third-order valence-electron chi connectivity index (χ3n) is 2.88. The Balaban J connectivity index is 2.39. The predicted octanol–water partition coefficient (Wildman–Crippen LogP) is 3.20. The zero-order valence-corrected chi connectivity index (χ0v) is 11.2. The second kappa shape index (κ2) is 4.90. The fraction of sp³-hybridized carbons (Fsp3) is 0.385. The average molecular weight is 285 g/mol. The first-order valence-corrected chi connectivity index (χ1v) is 5.94. The Morgan fingerprint density at radius 1 is 1.15 bits per heavy atom. The zero-order chi connectivity index (χ0) is 15.1. The molecule has 0 aliphatic heterocycles. The number of halogens is 3. The van der Waals surface area contributed by atoms with Gasteiger partial charge < -0.3 is 10.3 Å². The smallest absolute Gasteiger partial charge is 0.244 e. The number of hydrogen-bond acceptors (Lipinski definition) is 4. The highest BCUT2D eigenvalue weighted by Gasteiger charge is 2.28. The van der Waals surface area contributed by atoms with Crippen LogP contribution in [-0.2, 0) is 0 Å². The summed E-state index contributed by atoms with van der Waals surface area (Å²) in [7, 11) is 0. The van der Waals surface area contributed by atoms with Crippen LogP contribution >= 0.6 is 0 Å². The van der Waals surface area contributed by atoms with E-state index in [2.05, 4.69) is 10.1 Å². The lowest BCUT2D eigenvalue weighted by Crippen LogP contribution is -2.26. The molecule has 20 heavy (non-hydrogen) atoms. The van der Waals surface area contributed by atoms with Crippen molar-refractivity contribution in [1.29, 1.82) is 0 Å². The van der Waals surface area contributed by atoms with Crippen LogP contribution in [0.2, 0.25) is 0 Å². The summed E-state index contributed by atoms with van der Waals surface area (Å²) in [5.74, 6) is -4.06. The predicted molar refractivity (Wildman–Crippen MR) is 66.0 cm³/mol. The van der Waals surface area contributed by atoms with Crippen molar-refractivity contribution >= 4 is 0 Å². The molecule has 0 amide bonds. The van der Waals surface area contributed by atoms with E-state index in [0.29, 0.717) is 0 Å². The quantitative estimate of drug-likeness (QED) is 0.860. The van der Waals surface area contributed by atoms with Crippen LogP contribution in [0.4, 0.5) is 13.2 Å². The van der Waals surface area contributed by atoms with Crippen molar-refractivity contribution in [3.05, 3.63) is 35.5 Å². The van der Waals surface area contributed by atoms with Gasteiger partial charge in [-0.2, -0.15) is 4.98 Å². The molecule has 0 fully saturated rings. The molecule has 7 heteroatoms. The molecule has 2 N–H and O–H groups in total. The third kappa shape index (κ3) is 2.67. The molecule has 0 aliphatic rings. The Bertz CT molecular complexity index is 611. The summed E-state index contributed by atoms with van der Waals surface area (Å²) < 4.78 is 44.2. The highest BCUT2D eigenvalue weighted by atomic mass is 19.2. The van der Waals surface area contributed by atoms with Crippen LogP contribution in [0.25, 0.3) is 11.4 Å². The van der Waals surface area contributed by atoms with E-state index in [1.807, 2.05) is 20.8 Å². The van der Waals surface area contributed by atoms with Gasteiger partial charge in [-0.15, -0.1) is 0 Å². The fourth-order valence-corrected chi connectivity index (χ4v) is 1.53. The lowest BCUT2D eigenvalue weighted by molar-refractivity contribution is 0.253. The minimum absolute atomic E-state index is 0.0162.